The summed E-state index contributed by atoms with van der Waals surface area (Å²) in [6.45, 7) is 4.00. The van der Waals surface area contributed by atoms with Gasteiger partial charge >= 0.3 is 5.69 Å². The van der Waals surface area contributed by atoms with E-state index < -0.39 is 5.69 Å². The van der Waals surface area contributed by atoms with E-state index in [2.05, 4.69) is 10.3 Å². The summed E-state index contributed by atoms with van der Waals surface area (Å²) in [4.78, 5) is 30.8. The van der Waals surface area contributed by atoms with E-state index in [9.17, 15) is 19.8 Å². The van der Waals surface area contributed by atoms with E-state index in [0.29, 0.717) is 18.0 Å². The lowest BCUT2D eigenvalue weighted by Crippen LogP contribution is -2.40. The maximum atomic E-state index is 13.3. The van der Waals surface area contributed by atoms with Gasteiger partial charge in [-0.1, -0.05) is 25.0 Å². The average Bonchev–Trinajstić information content (AvgIpc) is 3.37. The summed E-state index contributed by atoms with van der Waals surface area (Å²) in [6, 6.07) is 5.60. The average molecular weight is 428 g/mol. The molecule has 0 atom stereocenters. The fraction of sp³-hybridized carbons (Fsp3) is 0.500. The number of aryl methyl sites for hydroxylation is 1. The van der Waals surface area contributed by atoms with E-state index in [4.69, 9.17) is 0 Å². The highest BCUT2D eigenvalue weighted by atomic mass is 16.3. The van der Waals surface area contributed by atoms with Crippen LogP contribution in [0, 0.1) is 6.92 Å². The monoisotopic (exact) mass is 427 g/mol. The lowest BCUT2D eigenvalue weighted by molar-refractivity contribution is 0.274. The molecule has 1 aromatic carbocycles. The topological polar surface area (TPSA) is 114 Å². The molecule has 3 aromatic rings. The Bertz CT molecular complexity index is 1220. The smallest absolute Gasteiger partial charge is 0.332 e. The molecule has 9 nitrogen and oxygen atoms in total. The second kappa shape index (κ2) is 8.58. The molecule has 0 radical (unpaired) electrons. The van der Waals surface area contributed by atoms with Gasteiger partial charge in [0.2, 0.25) is 5.95 Å². The van der Waals surface area contributed by atoms with Crippen molar-refractivity contribution in [3.8, 4) is 5.75 Å². The van der Waals surface area contributed by atoms with Crippen LogP contribution < -0.4 is 16.6 Å². The Morgan fingerprint density at radius 3 is 2.55 bits per heavy atom. The van der Waals surface area contributed by atoms with Crippen LogP contribution in [0.2, 0.25) is 0 Å². The third kappa shape index (κ3) is 3.85. The largest absolute Gasteiger partial charge is 0.508 e. The van der Waals surface area contributed by atoms with Gasteiger partial charge in [0.05, 0.1) is 19.7 Å². The first-order chi connectivity index (χ1) is 14.9. The fourth-order valence-corrected chi connectivity index (χ4v) is 4.39. The molecule has 9 heteroatoms. The zero-order valence-electron chi connectivity index (χ0n) is 18.0. The van der Waals surface area contributed by atoms with Crippen LogP contribution in [-0.4, -0.2) is 41.5 Å². The Morgan fingerprint density at radius 2 is 1.90 bits per heavy atom. The highest BCUT2D eigenvalue weighted by Crippen LogP contribution is 2.25. The number of phenols is 1. The molecule has 0 amide bonds. The fourth-order valence-electron chi connectivity index (χ4n) is 4.39. The minimum absolute atomic E-state index is 0.0633. The molecule has 1 saturated carbocycles. The van der Waals surface area contributed by atoms with Crippen LogP contribution in [0.1, 0.15) is 43.7 Å². The maximum absolute atomic E-state index is 13.3. The number of nitrogens with zero attached hydrogens (tertiary/aromatic N) is 4. The van der Waals surface area contributed by atoms with Gasteiger partial charge in [0, 0.05) is 12.6 Å². The second-order valence-corrected chi connectivity index (χ2v) is 8.15. The van der Waals surface area contributed by atoms with Gasteiger partial charge < -0.3 is 15.5 Å². The molecule has 0 spiro atoms. The number of benzene rings is 1. The first-order valence-electron chi connectivity index (χ1n) is 10.8. The standard InChI is InChI=1S/C22H29N5O4/c1-3-25-20(30)18-19(26(10-11-28)22(25)31)24-21(23-16-6-4-5-7-16)27(18)13-15-8-9-17(29)14(2)12-15/h8-9,12,16,28-29H,3-7,10-11,13H2,1-2H3,(H,23,24). The number of aromatic nitrogens is 4. The van der Waals surface area contributed by atoms with Crippen molar-refractivity contribution in [2.45, 2.75) is 65.2 Å². The molecule has 166 valence electrons. The first kappa shape index (κ1) is 21.2. The van der Waals surface area contributed by atoms with Crippen LogP contribution in [0.15, 0.2) is 27.8 Å². The van der Waals surface area contributed by atoms with E-state index >= 15 is 0 Å². The number of hydrogen-bond acceptors (Lipinski definition) is 6. The normalized spacial score (nSPS) is 14.5. The van der Waals surface area contributed by atoms with Gasteiger partial charge in [-0.3, -0.25) is 18.5 Å². The molecule has 2 aromatic heterocycles. The minimum atomic E-state index is -0.466. The number of rotatable bonds is 7. The number of hydrogen-bond donors (Lipinski definition) is 3. The van der Waals surface area contributed by atoms with Crippen molar-refractivity contribution in [3.05, 3.63) is 50.2 Å². The van der Waals surface area contributed by atoms with Crippen molar-refractivity contribution in [3.63, 3.8) is 0 Å². The van der Waals surface area contributed by atoms with Crippen LogP contribution in [0.25, 0.3) is 11.2 Å². The van der Waals surface area contributed by atoms with Gasteiger partial charge in [0.1, 0.15) is 5.75 Å². The number of aliphatic hydroxyl groups excluding tert-OH is 1. The zero-order chi connectivity index (χ0) is 22.1. The summed E-state index contributed by atoms with van der Waals surface area (Å²) in [5, 5.41) is 22.9. The van der Waals surface area contributed by atoms with Crippen molar-refractivity contribution < 1.29 is 10.2 Å². The van der Waals surface area contributed by atoms with E-state index in [-0.39, 0.29) is 42.7 Å². The Balaban J connectivity index is 1.94. The molecule has 31 heavy (non-hydrogen) atoms. The lowest BCUT2D eigenvalue weighted by Gasteiger charge is -2.15. The number of phenolic OH excluding ortho intramolecular Hbond substituents is 1. The molecule has 1 fully saturated rings. The Hall–Kier alpha value is -3.07. The van der Waals surface area contributed by atoms with E-state index in [1.807, 2.05) is 23.6 Å². The van der Waals surface area contributed by atoms with Gasteiger partial charge in [-0.2, -0.15) is 4.98 Å². The van der Waals surface area contributed by atoms with Crippen LogP contribution in [0.5, 0.6) is 5.75 Å². The number of imidazole rings is 1. The summed E-state index contributed by atoms with van der Waals surface area (Å²) in [7, 11) is 0. The van der Waals surface area contributed by atoms with Crippen LogP contribution in [-0.2, 0) is 19.6 Å². The minimum Gasteiger partial charge on any atom is -0.508 e. The molecule has 3 N–H and O–H groups in total. The predicted molar refractivity (Wildman–Crippen MR) is 119 cm³/mol. The first-order valence-corrected chi connectivity index (χ1v) is 10.8. The number of aliphatic hydroxyl groups is 1. The Labute approximate surface area is 179 Å². The third-order valence-corrected chi connectivity index (χ3v) is 6.04. The van der Waals surface area contributed by atoms with Gasteiger partial charge in [-0.25, -0.2) is 4.79 Å². The molecule has 4 rings (SSSR count). The molecular weight excluding hydrogens is 398 g/mol. The summed E-state index contributed by atoms with van der Waals surface area (Å²) >= 11 is 0. The number of nitrogens with one attached hydrogen (secondary N) is 1. The van der Waals surface area contributed by atoms with Gasteiger partial charge in [0.25, 0.3) is 5.56 Å². The third-order valence-electron chi connectivity index (χ3n) is 6.04. The van der Waals surface area contributed by atoms with Crippen LogP contribution in [0.4, 0.5) is 5.95 Å². The molecule has 0 bridgehead atoms. The van der Waals surface area contributed by atoms with Crippen LogP contribution >= 0.6 is 0 Å². The van der Waals surface area contributed by atoms with E-state index in [1.54, 1.807) is 13.0 Å². The number of fused-ring (bicyclic) bond motifs is 1. The van der Waals surface area contributed by atoms with Crippen molar-refractivity contribution >= 4 is 17.1 Å². The molecule has 2 heterocycles. The highest BCUT2D eigenvalue weighted by Gasteiger charge is 2.24. The summed E-state index contributed by atoms with van der Waals surface area (Å²) in [6.07, 6.45) is 4.36. The van der Waals surface area contributed by atoms with Crippen molar-refractivity contribution in [2.75, 3.05) is 11.9 Å². The van der Waals surface area contributed by atoms with Gasteiger partial charge in [0.15, 0.2) is 11.2 Å². The Kier molecular flexibility index (Phi) is 5.86. The van der Waals surface area contributed by atoms with E-state index in [1.165, 1.54) is 9.13 Å². The summed E-state index contributed by atoms with van der Waals surface area (Å²) in [5.74, 6) is 0.762. The van der Waals surface area contributed by atoms with Crippen molar-refractivity contribution in [1.29, 1.82) is 0 Å². The SMILES string of the molecule is CCn1c(=O)c2c(nc(NC3CCCC3)n2Cc2ccc(O)c(C)c2)n(CCO)c1=O. The van der Waals surface area contributed by atoms with Gasteiger partial charge in [-0.15, -0.1) is 0 Å². The van der Waals surface area contributed by atoms with Crippen molar-refractivity contribution in [1.82, 2.24) is 18.7 Å². The van der Waals surface area contributed by atoms with E-state index in [0.717, 1.165) is 36.8 Å². The molecule has 0 aliphatic heterocycles. The molecular formula is C22H29N5O4. The van der Waals surface area contributed by atoms with Crippen LogP contribution in [0.3, 0.4) is 0 Å². The summed E-state index contributed by atoms with van der Waals surface area (Å²) in [5.41, 5.74) is 1.42. The molecule has 1 aliphatic carbocycles. The predicted octanol–water partition coefficient (Wildman–Crippen LogP) is 1.79. The molecule has 1 aliphatic rings. The highest BCUT2D eigenvalue weighted by molar-refractivity contribution is 5.74. The van der Waals surface area contributed by atoms with Gasteiger partial charge in [-0.05, 0) is 43.9 Å². The molecule has 0 saturated heterocycles. The summed E-state index contributed by atoms with van der Waals surface area (Å²) < 4.78 is 4.37. The second-order valence-electron chi connectivity index (χ2n) is 8.15. The number of aromatic hydroxyl groups is 1. The Morgan fingerprint density at radius 1 is 1.16 bits per heavy atom. The number of anilines is 1. The van der Waals surface area contributed by atoms with Crippen molar-refractivity contribution in [2.24, 2.45) is 0 Å². The molecule has 0 unspecified atom stereocenters. The lowest BCUT2D eigenvalue weighted by atomic mass is 10.1. The quantitative estimate of drug-likeness (QED) is 0.530. The zero-order valence-corrected chi connectivity index (χ0v) is 18.0. The maximum Gasteiger partial charge on any atom is 0.332 e.